The minimum Gasteiger partial charge on any atom is -0.454 e. The monoisotopic (exact) mass is 957 g/mol. The van der Waals surface area contributed by atoms with Crippen LogP contribution in [-0.4, -0.2) is 52.6 Å². The summed E-state index contributed by atoms with van der Waals surface area (Å²) in [5, 5.41) is 12.1. The summed E-state index contributed by atoms with van der Waals surface area (Å²) >= 11 is 0. The van der Waals surface area contributed by atoms with Gasteiger partial charge in [-0.1, -0.05) is 136 Å². The number of esters is 2. The van der Waals surface area contributed by atoms with Crippen LogP contribution in [0, 0.1) is 39.4 Å². The fraction of sp³-hybridized carbons (Fsp3) is 0.548. The number of alkyl halides is 1. The van der Waals surface area contributed by atoms with E-state index in [4.69, 9.17) is 9.47 Å². The van der Waals surface area contributed by atoms with Crippen molar-refractivity contribution in [3.63, 3.8) is 0 Å². The zero-order valence-electron chi connectivity index (χ0n) is 44.5. The highest BCUT2D eigenvalue weighted by Gasteiger charge is 2.77. The predicted molar refractivity (Wildman–Crippen MR) is 280 cm³/mol. The molecule has 0 amide bonds. The largest absolute Gasteiger partial charge is 0.454 e. The molecule has 0 aromatic rings. The molecular formula is C62H81FO7. The molecule has 1 N–H and O–H groups in total. The van der Waals surface area contributed by atoms with Crippen molar-refractivity contribution < 1.29 is 38.1 Å². The minimum atomic E-state index is -2.15. The van der Waals surface area contributed by atoms with Crippen molar-refractivity contribution in [2.24, 2.45) is 39.4 Å². The summed E-state index contributed by atoms with van der Waals surface area (Å²) in [6.45, 7) is 25.9. The van der Waals surface area contributed by atoms with Crippen LogP contribution in [0.5, 0.6) is 0 Å². The Bertz CT molecular complexity index is 2500. The van der Waals surface area contributed by atoms with Crippen LogP contribution in [0.25, 0.3) is 0 Å². The molecule has 3 saturated carbocycles. The number of carbonyl (C=O) groups excluding carboxylic acids is 4. The van der Waals surface area contributed by atoms with Gasteiger partial charge in [-0.2, -0.15) is 0 Å². The SMILES string of the molecule is CC(C=CC1=C(C)CCCC1(C)C)=CC=CC(C)=CC(=O)OCC(=O)[C@]1(OC(=O)C=C(C)C=CC=C(C)C=CC2=C(C)CCCC2(C)C)[C@@H](C)C[C@H]2[C@@H]3CCC4=CC(=O)C=C[C@]4(C)[C@@]3(F)[C@@H](O)C[C@@]21C. The van der Waals surface area contributed by atoms with Crippen LogP contribution in [0.4, 0.5) is 4.39 Å². The number of halogens is 1. The van der Waals surface area contributed by atoms with E-state index in [1.165, 1.54) is 59.4 Å². The van der Waals surface area contributed by atoms with Gasteiger partial charge in [0.05, 0.1) is 6.10 Å². The van der Waals surface area contributed by atoms with Crippen molar-refractivity contribution in [1.82, 2.24) is 0 Å². The van der Waals surface area contributed by atoms with Crippen molar-refractivity contribution >= 4 is 23.5 Å². The highest BCUT2D eigenvalue weighted by atomic mass is 19.1. The van der Waals surface area contributed by atoms with Crippen molar-refractivity contribution in [1.29, 1.82) is 0 Å². The summed E-state index contributed by atoms with van der Waals surface area (Å²) in [6, 6.07) is 0. The number of ether oxygens (including phenoxy) is 2. The molecule has 0 radical (unpaired) electrons. The normalized spacial score (nSPS) is 33.8. The van der Waals surface area contributed by atoms with Gasteiger partial charge in [0.1, 0.15) is 0 Å². The lowest BCUT2D eigenvalue weighted by molar-refractivity contribution is -0.227. The average molecular weight is 957 g/mol. The van der Waals surface area contributed by atoms with Crippen LogP contribution in [0.1, 0.15) is 154 Å². The van der Waals surface area contributed by atoms with Crippen LogP contribution >= 0.6 is 0 Å². The second-order valence-electron chi connectivity index (χ2n) is 23.4. The summed E-state index contributed by atoms with van der Waals surface area (Å²) in [5.74, 6) is -4.15. The standard InChI is InChI=1S/C62H81FO7/c1-40(24-27-49-44(5)22-16-31-57(49,8)9)18-14-20-42(3)34-55(67)69-39-54(66)62(70-56(68)35-43(4)21-15-19-41(2)25-28-50-45(6)23-17-32-58(50,10)11)46(7)36-52-51-29-26-47-37-48(64)30-33-59(47,12)61(51,63)53(65)38-60(52,62)13/h14-15,18-21,24-25,27-28,30,33-35,37,46,51-53,65H,16-17,22-23,26,29,31-32,36,38-39H2,1-13H3/t46-,51-,52-,53-,59-,60-,61-,62+/m0/s1. The molecule has 0 heterocycles. The third-order valence-corrected chi connectivity index (χ3v) is 17.4. The van der Waals surface area contributed by atoms with Crippen molar-refractivity contribution in [2.75, 3.05) is 6.61 Å². The maximum atomic E-state index is 18.2. The van der Waals surface area contributed by atoms with Gasteiger partial charge in [-0.05, 0) is 164 Å². The molecular weight excluding hydrogens is 876 g/mol. The summed E-state index contributed by atoms with van der Waals surface area (Å²) in [7, 11) is 0. The summed E-state index contributed by atoms with van der Waals surface area (Å²) in [4.78, 5) is 55.0. The molecule has 0 aromatic carbocycles. The molecule has 6 aliphatic rings. The molecule has 8 heteroatoms. The second-order valence-corrected chi connectivity index (χ2v) is 23.4. The van der Waals surface area contributed by atoms with Gasteiger partial charge < -0.3 is 14.6 Å². The lowest BCUT2D eigenvalue weighted by Crippen LogP contribution is -2.70. The van der Waals surface area contributed by atoms with E-state index in [2.05, 4.69) is 65.8 Å². The first-order chi connectivity index (χ1) is 32.7. The molecule has 8 atom stereocenters. The number of fused-ring (bicyclic) bond motifs is 5. The average Bonchev–Trinajstić information content (AvgIpc) is 3.47. The first kappa shape index (κ1) is 54.4. The number of aliphatic hydroxyl groups is 1. The molecule has 0 saturated heterocycles. The predicted octanol–water partition coefficient (Wildman–Crippen LogP) is 14.1. The Hall–Kier alpha value is -4.95. The molecule has 7 nitrogen and oxygen atoms in total. The van der Waals surface area contributed by atoms with E-state index < -0.39 is 70.3 Å². The fourth-order valence-corrected chi connectivity index (χ4v) is 13.6. The van der Waals surface area contributed by atoms with Crippen LogP contribution in [0.15, 0.2) is 141 Å². The molecule has 378 valence electrons. The Morgan fingerprint density at radius 2 is 1.29 bits per heavy atom. The van der Waals surface area contributed by atoms with Gasteiger partial charge in [0.15, 0.2) is 23.7 Å². The van der Waals surface area contributed by atoms with Gasteiger partial charge in [0.2, 0.25) is 5.78 Å². The van der Waals surface area contributed by atoms with E-state index in [1.807, 2.05) is 52.0 Å². The Kier molecular flexibility index (Phi) is 16.3. The smallest absolute Gasteiger partial charge is 0.332 e. The molecule has 0 aromatic heterocycles. The Morgan fingerprint density at radius 3 is 1.81 bits per heavy atom. The van der Waals surface area contributed by atoms with Crippen LogP contribution < -0.4 is 0 Å². The van der Waals surface area contributed by atoms with Crippen LogP contribution in [0.2, 0.25) is 0 Å². The lowest BCUT2D eigenvalue weighted by Gasteiger charge is -2.62. The van der Waals surface area contributed by atoms with Crippen LogP contribution in [0.3, 0.4) is 0 Å². The molecule has 0 aliphatic heterocycles. The Morgan fingerprint density at radius 1 is 0.757 bits per heavy atom. The lowest BCUT2D eigenvalue weighted by atomic mass is 9.44. The van der Waals surface area contributed by atoms with Crippen molar-refractivity contribution in [3.05, 3.63) is 141 Å². The van der Waals surface area contributed by atoms with E-state index in [1.54, 1.807) is 39.0 Å². The minimum absolute atomic E-state index is 0.129. The Balaban J connectivity index is 1.23. The third kappa shape index (κ3) is 10.6. The quantitative estimate of drug-likeness (QED) is 0.105. The molecule has 3 fully saturated rings. The number of hydrogen-bond donors (Lipinski definition) is 1. The third-order valence-electron chi connectivity index (χ3n) is 17.4. The topological polar surface area (TPSA) is 107 Å². The first-order valence-corrected chi connectivity index (χ1v) is 25.8. The van der Waals surface area contributed by atoms with Gasteiger partial charge in [0.25, 0.3) is 0 Å². The molecule has 70 heavy (non-hydrogen) atoms. The van der Waals surface area contributed by atoms with E-state index in [-0.39, 0.29) is 23.0 Å². The summed E-state index contributed by atoms with van der Waals surface area (Å²) < 4.78 is 30.3. The zero-order chi connectivity index (χ0) is 51.6. The summed E-state index contributed by atoms with van der Waals surface area (Å²) in [6.07, 6.45) is 33.4. The van der Waals surface area contributed by atoms with Gasteiger partial charge in [-0.25, -0.2) is 14.0 Å². The summed E-state index contributed by atoms with van der Waals surface area (Å²) in [5.41, 5.74) is 3.34. The van der Waals surface area contributed by atoms with Crippen molar-refractivity contribution in [2.45, 2.75) is 172 Å². The fourth-order valence-electron chi connectivity index (χ4n) is 13.6. The molecule has 0 spiro atoms. The Labute approximate surface area is 419 Å². The number of aliphatic hydroxyl groups excluding tert-OH is 1. The number of rotatable bonds is 14. The van der Waals surface area contributed by atoms with Gasteiger partial charge in [0, 0.05) is 34.8 Å². The molecule has 0 bridgehead atoms. The van der Waals surface area contributed by atoms with E-state index in [0.717, 1.165) is 36.8 Å². The van der Waals surface area contributed by atoms with E-state index in [0.29, 0.717) is 36.0 Å². The highest BCUT2D eigenvalue weighted by molar-refractivity contribution is 6.01. The highest BCUT2D eigenvalue weighted by Crippen LogP contribution is 2.71. The number of ketones is 2. The molecule has 6 rings (SSSR count). The molecule has 6 aliphatic carbocycles. The number of allylic oxidation sites excluding steroid dienone is 22. The second kappa shape index (κ2) is 21.0. The van der Waals surface area contributed by atoms with Crippen molar-refractivity contribution in [3.8, 4) is 0 Å². The maximum Gasteiger partial charge on any atom is 0.332 e. The van der Waals surface area contributed by atoms with E-state index >= 15 is 4.39 Å². The number of Topliss-reactive ketones (excluding diaryl/α,β-unsaturated/α-hetero) is 1. The van der Waals surface area contributed by atoms with Gasteiger partial charge in [-0.3, -0.25) is 9.59 Å². The van der Waals surface area contributed by atoms with E-state index in [9.17, 15) is 24.3 Å². The number of hydrogen-bond acceptors (Lipinski definition) is 7. The van der Waals surface area contributed by atoms with Gasteiger partial charge >= 0.3 is 11.9 Å². The maximum absolute atomic E-state index is 18.2. The number of carbonyl (C=O) groups is 4. The zero-order valence-corrected chi connectivity index (χ0v) is 44.5. The molecule has 0 unspecified atom stereocenters. The first-order valence-electron chi connectivity index (χ1n) is 25.8. The van der Waals surface area contributed by atoms with Crippen LogP contribution in [-0.2, 0) is 28.7 Å². The van der Waals surface area contributed by atoms with Gasteiger partial charge in [-0.15, -0.1) is 0 Å².